The van der Waals surface area contributed by atoms with Crippen molar-refractivity contribution in [3.05, 3.63) is 29.8 Å². The molecular weight excluding hydrogens is 256 g/mol. The van der Waals surface area contributed by atoms with Gasteiger partial charge in [-0.3, -0.25) is 4.79 Å². The molecule has 1 aromatic carbocycles. The SMILES string of the molecule is CC1(COc2ccc(C(C)(C)CC(=O)O)cc2)COC1. The third kappa shape index (κ3) is 3.51. The lowest BCUT2D eigenvalue weighted by molar-refractivity contribution is -0.138. The number of hydrogen-bond acceptors (Lipinski definition) is 3. The fourth-order valence-corrected chi connectivity index (χ4v) is 2.27. The highest BCUT2D eigenvalue weighted by Gasteiger charge is 2.34. The van der Waals surface area contributed by atoms with E-state index >= 15 is 0 Å². The van der Waals surface area contributed by atoms with E-state index in [1.54, 1.807) is 0 Å². The Hall–Kier alpha value is -1.55. The average molecular weight is 278 g/mol. The summed E-state index contributed by atoms with van der Waals surface area (Å²) in [6.45, 7) is 8.15. The second-order valence-electron chi connectivity index (χ2n) is 6.57. The Morgan fingerprint density at radius 1 is 1.35 bits per heavy atom. The molecule has 1 aromatic rings. The van der Waals surface area contributed by atoms with Crippen molar-refractivity contribution in [3.63, 3.8) is 0 Å². The first-order chi connectivity index (χ1) is 9.31. The van der Waals surface area contributed by atoms with Crippen molar-refractivity contribution in [2.75, 3.05) is 19.8 Å². The van der Waals surface area contributed by atoms with Gasteiger partial charge in [0.05, 0.1) is 26.2 Å². The number of rotatable bonds is 6. The molecule has 1 heterocycles. The molecule has 1 aliphatic heterocycles. The van der Waals surface area contributed by atoms with Gasteiger partial charge in [-0.1, -0.05) is 32.9 Å². The number of aliphatic carboxylic acids is 1. The largest absolute Gasteiger partial charge is 0.493 e. The van der Waals surface area contributed by atoms with Crippen LogP contribution in [-0.4, -0.2) is 30.9 Å². The van der Waals surface area contributed by atoms with E-state index < -0.39 is 5.97 Å². The summed E-state index contributed by atoms with van der Waals surface area (Å²) in [4.78, 5) is 10.9. The molecule has 0 aliphatic carbocycles. The van der Waals surface area contributed by atoms with E-state index in [-0.39, 0.29) is 17.3 Å². The maximum atomic E-state index is 10.9. The van der Waals surface area contributed by atoms with Crippen LogP contribution in [0, 0.1) is 5.41 Å². The molecule has 1 saturated heterocycles. The first kappa shape index (κ1) is 14.9. The summed E-state index contributed by atoms with van der Waals surface area (Å²) in [7, 11) is 0. The maximum Gasteiger partial charge on any atom is 0.304 e. The molecule has 1 aliphatic rings. The molecular formula is C16H22O4. The number of ether oxygens (including phenoxy) is 2. The number of carboxylic acids is 1. The molecule has 0 bridgehead atoms. The van der Waals surface area contributed by atoms with Crippen LogP contribution < -0.4 is 4.74 Å². The lowest BCUT2D eigenvalue weighted by atomic mass is 9.81. The number of benzene rings is 1. The molecule has 0 amide bonds. The van der Waals surface area contributed by atoms with Gasteiger partial charge in [-0.25, -0.2) is 0 Å². The van der Waals surface area contributed by atoms with Crippen LogP contribution in [0.25, 0.3) is 0 Å². The van der Waals surface area contributed by atoms with E-state index in [0.29, 0.717) is 6.61 Å². The Morgan fingerprint density at radius 2 is 1.95 bits per heavy atom. The highest BCUT2D eigenvalue weighted by atomic mass is 16.5. The fourth-order valence-electron chi connectivity index (χ4n) is 2.27. The summed E-state index contributed by atoms with van der Waals surface area (Å²) in [6, 6.07) is 7.69. The van der Waals surface area contributed by atoms with Gasteiger partial charge in [-0.05, 0) is 17.7 Å². The lowest BCUT2D eigenvalue weighted by Gasteiger charge is -2.37. The summed E-state index contributed by atoms with van der Waals surface area (Å²) in [5.41, 5.74) is 0.754. The van der Waals surface area contributed by atoms with Gasteiger partial charge in [0.25, 0.3) is 0 Å². The third-order valence-corrected chi connectivity index (χ3v) is 3.72. The summed E-state index contributed by atoms with van der Waals surface area (Å²) >= 11 is 0. The highest BCUT2D eigenvalue weighted by molar-refractivity contribution is 5.68. The second-order valence-corrected chi connectivity index (χ2v) is 6.57. The first-order valence-electron chi connectivity index (χ1n) is 6.84. The fraction of sp³-hybridized carbons (Fsp3) is 0.562. The molecule has 110 valence electrons. The smallest absolute Gasteiger partial charge is 0.304 e. The Bertz CT molecular complexity index is 472. The Balaban J connectivity index is 1.97. The summed E-state index contributed by atoms with van der Waals surface area (Å²) in [5.74, 6) is 0.0289. The third-order valence-electron chi connectivity index (χ3n) is 3.72. The molecule has 0 radical (unpaired) electrons. The monoisotopic (exact) mass is 278 g/mol. The highest BCUT2D eigenvalue weighted by Crippen LogP contribution is 2.30. The summed E-state index contributed by atoms with van der Waals surface area (Å²) in [5, 5.41) is 8.94. The van der Waals surface area contributed by atoms with E-state index in [1.807, 2.05) is 38.1 Å². The van der Waals surface area contributed by atoms with Crippen LogP contribution >= 0.6 is 0 Å². The zero-order chi connectivity index (χ0) is 14.8. The molecule has 4 heteroatoms. The zero-order valence-electron chi connectivity index (χ0n) is 12.3. The van der Waals surface area contributed by atoms with Crippen LogP contribution in [0.3, 0.4) is 0 Å². The predicted molar refractivity (Wildman–Crippen MR) is 76.1 cm³/mol. The molecule has 0 saturated carbocycles. The molecule has 2 rings (SSSR count). The number of carbonyl (C=O) groups is 1. The van der Waals surface area contributed by atoms with Crippen LogP contribution in [0.2, 0.25) is 0 Å². The molecule has 0 atom stereocenters. The number of carboxylic acid groups (broad SMARTS) is 1. The summed E-state index contributed by atoms with van der Waals surface area (Å²) < 4.78 is 11.0. The quantitative estimate of drug-likeness (QED) is 0.869. The molecule has 4 nitrogen and oxygen atoms in total. The first-order valence-corrected chi connectivity index (χ1v) is 6.84. The molecule has 0 unspecified atom stereocenters. The minimum absolute atomic E-state index is 0.114. The standard InChI is InChI=1S/C16H22O4/c1-15(2,8-14(17)18)12-4-6-13(7-5-12)20-11-16(3)9-19-10-16/h4-7H,8-11H2,1-3H3,(H,17,18). The second kappa shape index (κ2) is 5.44. The van der Waals surface area contributed by atoms with Crippen molar-refractivity contribution in [1.82, 2.24) is 0 Å². The Morgan fingerprint density at radius 3 is 2.40 bits per heavy atom. The summed E-state index contributed by atoms with van der Waals surface area (Å²) in [6.07, 6.45) is 0.114. The molecule has 0 aromatic heterocycles. The van der Waals surface area contributed by atoms with Crippen LogP contribution in [0.1, 0.15) is 32.8 Å². The lowest BCUT2D eigenvalue weighted by Crippen LogP contribution is -2.44. The van der Waals surface area contributed by atoms with Crippen molar-refractivity contribution in [1.29, 1.82) is 0 Å². The van der Waals surface area contributed by atoms with Crippen molar-refractivity contribution in [3.8, 4) is 5.75 Å². The van der Waals surface area contributed by atoms with E-state index in [2.05, 4.69) is 6.92 Å². The average Bonchev–Trinajstić information content (AvgIpc) is 2.33. The maximum absolute atomic E-state index is 10.9. The van der Waals surface area contributed by atoms with Gasteiger partial charge < -0.3 is 14.6 Å². The van der Waals surface area contributed by atoms with Gasteiger partial charge in [0.2, 0.25) is 0 Å². The van der Waals surface area contributed by atoms with Crippen molar-refractivity contribution in [2.45, 2.75) is 32.6 Å². The molecule has 1 fully saturated rings. The van der Waals surface area contributed by atoms with Gasteiger partial charge in [0, 0.05) is 10.8 Å². The Labute approximate surface area is 119 Å². The van der Waals surface area contributed by atoms with Gasteiger partial charge in [-0.2, -0.15) is 0 Å². The zero-order valence-corrected chi connectivity index (χ0v) is 12.3. The van der Waals surface area contributed by atoms with Crippen LogP contribution in [0.4, 0.5) is 0 Å². The minimum Gasteiger partial charge on any atom is -0.493 e. The topological polar surface area (TPSA) is 55.8 Å². The van der Waals surface area contributed by atoms with E-state index in [0.717, 1.165) is 24.5 Å². The molecule has 20 heavy (non-hydrogen) atoms. The van der Waals surface area contributed by atoms with Gasteiger partial charge >= 0.3 is 5.97 Å². The van der Waals surface area contributed by atoms with Gasteiger partial charge in [0.15, 0.2) is 0 Å². The van der Waals surface area contributed by atoms with Gasteiger partial charge in [-0.15, -0.1) is 0 Å². The van der Waals surface area contributed by atoms with Crippen molar-refractivity contribution in [2.24, 2.45) is 5.41 Å². The number of hydrogen-bond donors (Lipinski definition) is 1. The molecule has 1 N–H and O–H groups in total. The predicted octanol–water partition coefficient (Wildman–Crippen LogP) is 2.85. The van der Waals surface area contributed by atoms with Crippen molar-refractivity contribution < 1.29 is 19.4 Å². The van der Waals surface area contributed by atoms with E-state index in [9.17, 15) is 4.79 Å². The minimum atomic E-state index is -0.784. The van der Waals surface area contributed by atoms with Crippen molar-refractivity contribution >= 4 is 5.97 Å². The van der Waals surface area contributed by atoms with E-state index in [1.165, 1.54) is 0 Å². The normalized spacial score (nSPS) is 17.4. The van der Waals surface area contributed by atoms with Crippen LogP contribution in [0.5, 0.6) is 5.75 Å². The van der Waals surface area contributed by atoms with Crippen LogP contribution in [-0.2, 0) is 14.9 Å². The van der Waals surface area contributed by atoms with Gasteiger partial charge in [0.1, 0.15) is 5.75 Å². The molecule has 0 spiro atoms. The Kier molecular flexibility index (Phi) is 4.04. The van der Waals surface area contributed by atoms with Crippen LogP contribution in [0.15, 0.2) is 24.3 Å². The van der Waals surface area contributed by atoms with E-state index in [4.69, 9.17) is 14.6 Å².